The van der Waals surface area contributed by atoms with Crippen molar-refractivity contribution >= 4 is 13.5 Å². The van der Waals surface area contributed by atoms with Crippen molar-refractivity contribution in [2.45, 2.75) is 0 Å². The van der Waals surface area contributed by atoms with Gasteiger partial charge >= 0.3 is 59.1 Å². The zero-order valence-corrected chi connectivity index (χ0v) is 16.5. The Morgan fingerprint density at radius 1 is 0.955 bits per heavy atom. The summed E-state index contributed by atoms with van der Waals surface area (Å²) >= 11 is 0. The average Bonchev–Trinajstić information content (AvgIpc) is 2.01. The molecule has 0 unspecified atom stereocenters. The maximum Gasteiger partial charge on any atom is 1.00 e. The smallest absolute Gasteiger partial charge is 0.780 e. The number of non-ortho nitro benzene ring substituents is 1. The molecule has 0 fully saturated rings. The van der Waals surface area contributed by atoms with Gasteiger partial charge < -0.3 is 51.7 Å². The SMILES string of the molecule is O.O.O.O.O.O.O=[N+]([O-])c1cccc(OP(=O)([O-])[O-])c1.[Na+].[Na+]. The van der Waals surface area contributed by atoms with Crippen molar-refractivity contribution in [1.29, 1.82) is 0 Å². The molecule has 124 valence electrons. The minimum Gasteiger partial charge on any atom is -0.780 e. The number of nitro groups is 1. The Balaban J connectivity index is -0.0000000408. The predicted octanol–water partition coefficient (Wildman–Crippen LogP) is -11.1. The molecule has 12 N–H and O–H groups in total. The maximum absolute atomic E-state index is 10.2. The fourth-order valence-electron chi connectivity index (χ4n) is 0.783. The van der Waals surface area contributed by atoms with Gasteiger partial charge in [0.15, 0.2) is 0 Å². The fourth-order valence-corrected chi connectivity index (χ4v) is 1.15. The van der Waals surface area contributed by atoms with E-state index in [2.05, 4.69) is 4.52 Å². The van der Waals surface area contributed by atoms with Crippen molar-refractivity contribution in [2.75, 3.05) is 0 Å². The van der Waals surface area contributed by atoms with Gasteiger partial charge in [-0.05, 0) is 6.07 Å². The number of hydrogen-bond donors (Lipinski definition) is 0. The zero-order valence-electron chi connectivity index (χ0n) is 11.7. The van der Waals surface area contributed by atoms with Gasteiger partial charge in [-0.3, -0.25) is 10.1 Å². The summed E-state index contributed by atoms with van der Waals surface area (Å²) in [6, 6.07) is 4.34. The quantitative estimate of drug-likeness (QED) is 0.214. The monoisotopic (exact) mass is 371 g/mol. The molecule has 0 amide bonds. The number of phosphoric ester groups is 1. The summed E-state index contributed by atoms with van der Waals surface area (Å²) < 4.78 is 14.1. The van der Waals surface area contributed by atoms with Crippen molar-refractivity contribution in [3.05, 3.63) is 34.4 Å². The zero-order chi connectivity index (χ0) is 10.8. The second kappa shape index (κ2) is 21.3. The molecule has 0 aromatic heterocycles. The van der Waals surface area contributed by atoms with Crippen LogP contribution >= 0.6 is 7.82 Å². The first kappa shape index (κ1) is 49.5. The molecule has 22 heavy (non-hydrogen) atoms. The minimum absolute atomic E-state index is 0. The van der Waals surface area contributed by atoms with Crippen LogP contribution in [-0.4, -0.2) is 37.8 Å². The van der Waals surface area contributed by atoms with Crippen LogP contribution in [0, 0.1) is 10.1 Å². The van der Waals surface area contributed by atoms with Crippen LogP contribution in [-0.2, 0) is 4.57 Å². The van der Waals surface area contributed by atoms with E-state index in [0.29, 0.717) is 0 Å². The molecule has 0 bridgehead atoms. The number of benzene rings is 1. The van der Waals surface area contributed by atoms with E-state index in [-0.39, 0.29) is 103 Å². The third-order valence-electron chi connectivity index (χ3n) is 1.25. The standard InChI is InChI=1S/C6H6NO6P.2Na.6H2O/c8-7(9)5-2-1-3-6(4-5)13-14(10,11)12;;;;;;;;/h1-4H,(H2,10,11,12);;;6*1H2/q;2*+1;;;;;;/p-2. The molecule has 0 radical (unpaired) electrons. The van der Waals surface area contributed by atoms with Gasteiger partial charge in [0.05, 0.1) is 11.0 Å². The van der Waals surface area contributed by atoms with Crippen molar-refractivity contribution in [3.8, 4) is 5.75 Å². The molecule has 16 heteroatoms. The Bertz CT molecular complexity index is 414. The summed E-state index contributed by atoms with van der Waals surface area (Å²) in [7, 11) is -5.16. The first-order chi connectivity index (χ1) is 6.38. The van der Waals surface area contributed by atoms with E-state index < -0.39 is 12.7 Å². The number of hydrogen-bond acceptors (Lipinski definition) is 6. The van der Waals surface area contributed by atoms with E-state index in [4.69, 9.17) is 0 Å². The van der Waals surface area contributed by atoms with Crippen molar-refractivity contribution in [3.63, 3.8) is 0 Å². The van der Waals surface area contributed by atoms with Crippen LogP contribution in [0.25, 0.3) is 0 Å². The molecular formula is C6H16NNa2O12P. The largest absolute Gasteiger partial charge is 1.00 e. The molecule has 1 aromatic carbocycles. The van der Waals surface area contributed by atoms with Crippen LogP contribution in [0.3, 0.4) is 0 Å². The van der Waals surface area contributed by atoms with Crippen LogP contribution in [0.4, 0.5) is 5.69 Å². The van der Waals surface area contributed by atoms with Crippen LogP contribution in [0.5, 0.6) is 5.75 Å². The van der Waals surface area contributed by atoms with E-state index >= 15 is 0 Å². The Kier molecular flexibility index (Phi) is 48.0. The van der Waals surface area contributed by atoms with Gasteiger partial charge in [-0.15, -0.1) is 0 Å². The van der Waals surface area contributed by atoms with Crippen LogP contribution in [0.1, 0.15) is 0 Å². The Morgan fingerprint density at radius 3 is 1.68 bits per heavy atom. The summed E-state index contributed by atoms with van der Waals surface area (Å²) in [6.07, 6.45) is 0. The molecule has 0 spiro atoms. The van der Waals surface area contributed by atoms with Gasteiger partial charge in [0.2, 0.25) is 0 Å². The van der Waals surface area contributed by atoms with Gasteiger partial charge in [-0.2, -0.15) is 0 Å². The molecule has 1 rings (SSSR count). The number of rotatable bonds is 3. The first-order valence-electron chi connectivity index (χ1n) is 3.34. The summed E-state index contributed by atoms with van der Waals surface area (Å²) in [4.78, 5) is 29.8. The molecule has 0 aliphatic carbocycles. The molecule has 0 aliphatic heterocycles. The third-order valence-corrected chi connectivity index (χ3v) is 1.68. The first-order valence-corrected chi connectivity index (χ1v) is 4.81. The Labute approximate surface area is 168 Å². The van der Waals surface area contributed by atoms with Crippen LogP contribution in [0.2, 0.25) is 0 Å². The number of nitrogens with zero attached hydrogens (tertiary/aromatic N) is 1. The average molecular weight is 371 g/mol. The van der Waals surface area contributed by atoms with E-state index in [9.17, 15) is 24.5 Å². The van der Waals surface area contributed by atoms with E-state index in [0.717, 1.165) is 18.2 Å². The molecular weight excluding hydrogens is 355 g/mol. The van der Waals surface area contributed by atoms with Gasteiger partial charge in [-0.25, -0.2) is 0 Å². The van der Waals surface area contributed by atoms with Gasteiger partial charge in [0.1, 0.15) is 13.6 Å². The molecule has 0 saturated heterocycles. The van der Waals surface area contributed by atoms with Crippen molar-refractivity contribution in [1.82, 2.24) is 0 Å². The van der Waals surface area contributed by atoms with E-state index in [1.807, 2.05) is 0 Å². The Morgan fingerprint density at radius 2 is 1.36 bits per heavy atom. The minimum atomic E-state index is -5.16. The van der Waals surface area contributed by atoms with Gasteiger partial charge in [0.25, 0.3) is 5.69 Å². The Hall–Kier alpha value is 0.330. The van der Waals surface area contributed by atoms with E-state index in [1.54, 1.807) is 0 Å². The fraction of sp³-hybridized carbons (Fsp3) is 0. The molecule has 13 nitrogen and oxygen atoms in total. The molecule has 0 heterocycles. The topological polar surface area (TPSA) is 305 Å². The molecule has 0 aliphatic rings. The summed E-state index contributed by atoms with van der Waals surface area (Å²) in [6.45, 7) is 0. The number of nitro benzene ring substituents is 1. The summed E-state index contributed by atoms with van der Waals surface area (Å²) in [5.41, 5.74) is -0.351. The van der Waals surface area contributed by atoms with Crippen LogP contribution in [0.15, 0.2) is 24.3 Å². The van der Waals surface area contributed by atoms with Crippen LogP contribution < -0.4 is 73.4 Å². The third kappa shape index (κ3) is 20.3. The summed E-state index contributed by atoms with van der Waals surface area (Å²) in [5, 5.41) is 10.2. The molecule has 0 saturated carbocycles. The molecule has 0 atom stereocenters. The van der Waals surface area contributed by atoms with Gasteiger partial charge in [-0.1, -0.05) is 6.07 Å². The van der Waals surface area contributed by atoms with E-state index in [1.165, 1.54) is 6.07 Å². The van der Waals surface area contributed by atoms with Crippen molar-refractivity contribution in [2.24, 2.45) is 0 Å². The summed E-state index contributed by atoms with van der Waals surface area (Å²) in [5.74, 6) is -0.368. The number of phosphoric acid groups is 1. The maximum atomic E-state index is 10.2. The second-order valence-electron chi connectivity index (χ2n) is 2.29. The molecule has 1 aromatic rings. The van der Waals surface area contributed by atoms with Crippen molar-refractivity contribution < 1.29 is 116 Å². The predicted molar refractivity (Wildman–Crippen MR) is 63.0 cm³/mol. The second-order valence-corrected chi connectivity index (χ2v) is 3.37. The van der Waals surface area contributed by atoms with Gasteiger partial charge in [0, 0.05) is 6.07 Å². The normalized spacial score (nSPS) is 7.00.